The maximum atomic E-state index is 15.7. The fourth-order valence-corrected chi connectivity index (χ4v) is 6.72. The molecule has 1 aromatic carbocycles. The number of fused-ring (bicyclic) bond motifs is 1. The van der Waals surface area contributed by atoms with Crippen molar-refractivity contribution in [2.45, 2.75) is 51.0 Å². The van der Waals surface area contributed by atoms with Crippen molar-refractivity contribution in [1.82, 2.24) is 9.97 Å². The Morgan fingerprint density at radius 1 is 1.17 bits per heavy atom. The van der Waals surface area contributed by atoms with E-state index in [-0.39, 0.29) is 53.0 Å². The molecule has 220 valence electrons. The molecule has 12 heteroatoms. The molecule has 2 aromatic heterocycles. The van der Waals surface area contributed by atoms with E-state index >= 15 is 4.39 Å². The van der Waals surface area contributed by atoms with Crippen molar-refractivity contribution in [3.05, 3.63) is 47.0 Å². The van der Waals surface area contributed by atoms with Crippen molar-refractivity contribution in [2.75, 3.05) is 30.1 Å². The summed E-state index contributed by atoms with van der Waals surface area (Å²) in [5, 5.41) is 9.04. The number of rotatable bonds is 9. The third-order valence-corrected chi connectivity index (χ3v) is 9.03. The van der Waals surface area contributed by atoms with Crippen LogP contribution in [0.5, 0.6) is 0 Å². The van der Waals surface area contributed by atoms with Crippen LogP contribution in [0.25, 0.3) is 22.4 Å². The maximum Gasteiger partial charge on any atom is 0.304 e. The van der Waals surface area contributed by atoms with Gasteiger partial charge in [-0.25, -0.2) is 14.4 Å². The van der Waals surface area contributed by atoms with Gasteiger partial charge in [0, 0.05) is 55.1 Å². The fraction of sp³-hybridized carbons (Fsp3) is 0.433. The van der Waals surface area contributed by atoms with Crippen LogP contribution >= 0.6 is 11.3 Å². The topological polar surface area (TPSA) is 113 Å². The van der Waals surface area contributed by atoms with Crippen molar-refractivity contribution in [2.24, 2.45) is 11.8 Å². The lowest BCUT2D eigenvalue weighted by atomic mass is 9.86. The number of carboxylic acids is 1. The zero-order valence-electron chi connectivity index (χ0n) is 23.0. The van der Waals surface area contributed by atoms with E-state index in [1.807, 2.05) is 0 Å². The second-order valence-electron chi connectivity index (χ2n) is 11.2. The summed E-state index contributed by atoms with van der Waals surface area (Å²) in [6, 6.07) is 5.58. The number of carboxylic acid groups (broad SMARTS) is 1. The summed E-state index contributed by atoms with van der Waals surface area (Å²) >= 11 is 0.697. The number of hydrogen-bond acceptors (Lipinski definition) is 7. The van der Waals surface area contributed by atoms with Gasteiger partial charge in [0.2, 0.25) is 16.9 Å². The Bertz CT molecular complexity index is 1550. The average Bonchev–Trinajstić information content (AvgIpc) is 3.66. The molecule has 1 saturated heterocycles. The van der Waals surface area contributed by atoms with Gasteiger partial charge in [0.1, 0.15) is 17.3 Å². The summed E-state index contributed by atoms with van der Waals surface area (Å²) in [4.78, 5) is 49.6. The summed E-state index contributed by atoms with van der Waals surface area (Å²) in [6.07, 6.45) is 4.76. The van der Waals surface area contributed by atoms with E-state index in [1.54, 1.807) is 19.3 Å². The van der Waals surface area contributed by atoms with Crippen molar-refractivity contribution in [3.63, 3.8) is 0 Å². The predicted octanol–water partition coefficient (Wildman–Crippen LogP) is 5.07. The summed E-state index contributed by atoms with van der Waals surface area (Å²) in [7, 11) is 1.65. The van der Waals surface area contributed by atoms with Gasteiger partial charge in [-0.1, -0.05) is 17.4 Å². The van der Waals surface area contributed by atoms with Crippen LogP contribution < -0.4 is 9.80 Å². The Hall–Kier alpha value is -3.77. The number of aromatic nitrogens is 2. The lowest BCUT2D eigenvalue weighted by Gasteiger charge is -2.29. The number of aliphatic carboxylic acids is 1. The van der Waals surface area contributed by atoms with Gasteiger partial charge in [-0.05, 0) is 61.8 Å². The molecular formula is C30H30F2N4O5S. The molecule has 1 saturated carbocycles. The van der Waals surface area contributed by atoms with Crippen molar-refractivity contribution < 1.29 is 33.0 Å². The highest BCUT2D eigenvalue weighted by Crippen LogP contribution is 2.42. The molecule has 3 aliphatic rings. The van der Waals surface area contributed by atoms with E-state index in [4.69, 9.17) is 4.74 Å². The molecule has 3 aromatic rings. The minimum absolute atomic E-state index is 0.0907. The number of halogens is 2. The Kier molecular flexibility index (Phi) is 7.75. The van der Waals surface area contributed by atoms with Gasteiger partial charge in [0.25, 0.3) is 0 Å². The number of likely N-dealkylation sites (N-methyl/N-ethyl adjacent to an activating group) is 1. The quantitative estimate of drug-likeness (QED) is 0.367. The van der Waals surface area contributed by atoms with Gasteiger partial charge in [-0.3, -0.25) is 24.2 Å². The number of ether oxygens (including phenoxy) is 1. The number of benzene rings is 1. The van der Waals surface area contributed by atoms with Gasteiger partial charge in [-0.15, -0.1) is 0 Å². The molecule has 0 spiro atoms. The molecule has 2 amide bonds. The summed E-state index contributed by atoms with van der Waals surface area (Å²) in [5.41, 5.74) is 1.87. The smallest absolute Gasteiger partial charge is 0.304 e. The lowest BCUT2D eigenvalue weighted by Crippen LogP contribution is -2.40. The second-order valence-corrected chi connectivity index (χ2v) is 12.1. The highest BCUT2D eigenvalue weighted by molar-refractivity contribution is 7.14. The molecule has 1 atom stereocenters. The van der Waals surface area contributed by atoms with E-state index in [0.717, 1.165) is 12.8 Å². The van der Waals surface area contributed by atoms with Gasteiger partial charge < -0.3 is 9.84 Å². The highest BCUT2D eigenvalue weighted by Gasteiger charge is 2.40. The van der Waals surface area contributed by atoms with Crippen molar-refractivity contribution in [3.8, 4) is 22.4 Å². The number of thiazole rings is 1. The number of pyridine rings is 1. The lowest BCUT2D eigenvalue weighted by molar-refractivity contribution is -0.141. The van der Waals surface area contributed by atoms with Crippen LogP contribution in [0.1, 0.15) is 44.1 Å². The van der Waals surface area contributed by atoms with E-state index in [0.29, 0.717) is 66.3 Å². The van der Waals surface area contributed by atoms with Crippen LogP contribution in [0.4, 0.5) is 19.7 Å². The first-order chi connectivity index (χ1) is 20.2. The third kappa shape index (κ3) is 5.65. The molecule has 0 radical (unpaired) electrons. The number of carbonyl (C=O) groups excluding carboxylic acids is 2. The highest BCUT2D eigenvalue weighted by atomic mass is 32.1. The molecule has 1 N–H and O–H groups in total. The van der Waals surface area contributed by atoms with Gasteiger partial charge in [0.05, 0.1) is 12.8 Å². The Morgan fingerprint density at radius 2 is 1.93 bits per heavy atom. The zero-order valence-corrected chi connectivity index (χ0v) is 23.8. The average molecular weight is 597 g/mol. The first kappa shape index (κ1) is 28.4. The van der Waals surface area contributed by atoms with Gasteiger partial charge >= 0.3 is 5.97 Å². The number of carbonyl (C=O) groups is 3. The normalized spacial score (nSPS) is 17.8. The van der Waals surface area contributed by atoms with Gasteiger partial charge in [0.15, 0.2) is 5.13 Å². The zero-order chi connectivity index (χ0) is 29.5. The standard InChI is InChI=1S/C30H30F2N4O5S/c1-35-24(37)12-17-11-19(15-33-28(17)35)22-5-2-20(31)14-23(22)26-27(32)42-30(34-26)36(21-3-4-21)29(40)18(13-25(38)39)10-16-6-8-41-9-7-16/h2,5,11,14-16,18,21H,3-4,6-10,12-13H2,1H3,(H,38,39)/t18-/m1/s1. The Morgan fingerprint density at radius 3 is 2.64 bits per heavy atom. The Balaban J connectivity index is 1.34. The van der Waals surface area contributed by atoms with Crippen LogP contribution in [-0.2, 0) is 25.5 Å². The van der Waals surface area contributed by atoms with Crippen LogP contribution in [-0.4, -0.2) is 59.2 Å². The monoisotopic (exact) mass is 596 g/mol. The number of amides is 2. The molecular weight excluding hydrogens is 566 g/mol. The van der Waals surface area contributed by atoms with E-state index in [2.05, 4.69) is 9.97 Å². The molecule has 0 bridgehead atoms. The summed E-state index contributed by atoms with van der Waals surface area (Å²) < 4.78 is 35.6. The van der Waals surface area contributed by atoms with Gasteiger partial charge in [-0.2, -0.15) is 4.39 Å². The SMILES string of the molecule is CN1C(=O)Cc2cc(-c3ccc(F)cc3-c3nc(N(C(=O)[C@@H](CC(=O)O)CC4CCOCC4)C4CC4)sc3F)cnc21. The summed E-state index contributed by atoms with van der Waals surface area (Å²) in [6.45, 7) is 1.16. The van der Waals surface area contributed by atoms with Crippen molar-refractivity contribution in [1.29, 1.82) is 0 Å². The molecule has 0 unspecified atom stereocenters. The number of nitrogens with zero attached hydrogens (tertiary/aromatic N) is 4. The summed E-state index contributed by atoms with van der Waals surface area (Å²) in [5.74, 6) is -2.17. The van der Waals surface area contributed by atoms with E-state index in [9.17, 15) is 23.9 Å². The Labute approximate surface area is 245 Å². The minimum atomic E-state index is -1.07. The minimum Gasteiger partial charge on any atom is -0.481 e. The van der Waals surface area contributed by atoms with Crippen LogP contribution in [0.2, 0.25) is 0 Å². The molecule has 6 rings (SSSR count). The molecule has 4 heterocycles. The van der Waals surface area contributed by atoms with Crippen LogP contribution in [0, 0.1) is 22.8 Å². The predicted molar refractivity (Wildman–Crippen MR) is 152 cm³/mol. The van der Waals surface area contributed by atoms with E-state index in [1.165, 1.54) is 28.0 Å². The number of anilines is 2. The maximum absolute atomic E-state index is 15.7. The third-order valence-electron chi connectivity index (χ3n) is 8.18. The first-order valence-electron chi connectivity index (χ1n) is 14.0. The fourth-order valence-electron chi connectivity index (χ4n) is 5.83. The first-order valence-corrected chi connectivity index (χ1v) is 14.9. The molecule has 1 aliphatic carbocycles. The largest absolute Gasteiger partial charge is 0.481 e. The molecule has 9 nitrogen and oxygen atoms in total. The van der Waals surface area contributed by atoms with Crippen LogP contribution in [0.15, 0.2) is 30.5 Å². The molecule has 2 aliphatic heterocycles. The molecule has 42 heavy (non-hydrogen) atoms. The van der Waals surface area contributed by atoms with Crippen molar-refractivity contribution >= 4 is 40.1 Å². The molecule has 2 fully saturated rings. The van der Waals surface area contributed by atoms with Crippen LogP contribution in [0.3, 0.4) is 0 Å². The second kappa shape index (κ2) is 11.5. The number of hydrogen-bond donors (Lipinski definition) is 1. The van der Waals surface area contributed by atoms with E-state index < -0.39 is 22.8 Å².